The molecule has 0 amide bonds. The number of para-hydroxylation sites is 1. The third-order valence-electron chi connectivity index (χ3n) is 10.2. The van der Waals surface area contributed by atoms with E-state index in [0.29, 0.717) is 0 Å². The van der Waals surface area contributed by atoms with Crippen molar-refractivity contribution in [1.29, 1.82) is 0 Å². The fourth-order valence-electron chi connectivity index (χ4n) is 7.80. The van der Waals surface area contributed by atoms with Crippen LogP contribution in [0.3, 0.4) is 0 Å². The van der Waals surface area contributed by atoms with E-state index in [1.165, 1.54) is 64.0 Å². The summed E-state index contributed by atoms with van der Waals surface area (Å²) in [6.45, 7) is 10.6. The molecule has 0 aliphatic carbocycles. The minimum atomic E-state index is 1.12. The summed E-state index contributed by atoms with van der Waals surface area (Å²) < 4.78 is 1.25. The smallest absolute Gasteiger partial charge is 0.0555 e. The van der Waals surface area contributed by atoms with Crippen LogP contribution in [0.15, 0.2) is 158 Å². The van der Waals surface area contributed by atoms with Crippen molar-refractivity contribution in [3.63, 3.8) is 0 Å². The molecule has 0 bridgehead atoms. The summed E-state index contributed by atoms with van der Waals surface area (Å²) in [6, 6.07) is 53.5. The molecule has 1 heterocycles. The fourth-order valence-corrected chi connectivity index (χ4v) is 9.00. The van der Waals surface area contributed by atoms with Crippen molar-refractivity contribution in [3.05, 3.63) is 180 Å². The fraction of sp³-hybridized carbons (Fsp3) is 0.0612. The third kappa shape index (κ3) is 5.16. The highest BCUT2D eigenvalue weighted by Crippen LogP contribution is 2.49. The van der Waals surface area contributed by atoms with Gasteiger partial charge in [0.05, 0.1) is 17.1 Å². The van der Waals surface area contributed by atoms with Crippen LogP contribution in [0.25, 0.3) is 54.6 Å². The summed E-state index contributed by atoms with van der Waals surface area (Å²) in [5.41, 5.74) is 10.5. The van der Waals surface area contributed by atoms with E-state index >= 15 is 0 Å². The number of anilines is 6. The van der Waals surface area contributed by atoms with E-state index in [0.717, 1.165) is 34.1 Å². The molecule has 0 fully saturated rings. The van der Waals surface area contributed by atoms with Gasteiger partial charge in [0.1, 0.15) is 0 Å². The number of aryl methyl sites for hydroxylation is 2. The summed E-state index contributed by atoms with van der Waals surface area (Å²) in [5.74, 6) is 0. The minimum absolute atomic E-state index is 1.12. The molecule has 0 atom stereocenters. The highest BCUT2D eigenvalue weighted by atomic mass is 32.1. The highest BCUT2D eigenvalue weighted by Gasteiger charge is 2.24. The van der Waals surface area contributed by atoms with Crippen molar-refractivity contribution >= 4 is 100 Å². The first kappa shape index (κ1) is 31.8. The number of hydrogen-bond acceptors (Lipinski definition) is 3. The van der Waals surface area contributed by atoms with Gasteiger partial charge in [0.2, 0.25) is 0 Å². The Labute approximate surface area is 309 Å². The lowest BCUT2D eigenvalue weighted by molar-refractivity contribution is 1.29. The van der Waals surface area contributed by atoms with Crippen LogP contribution in [0.2, 0.25) is 0 Å². The Morgan fingerprint density at radius 1 is 0.500 bits per heavy atom. The lowest BCUT2D eigenvalue weighted by Gasteiger charge is -2.30. The summed E-state index contributed by atoms with van der Waals surface area (Å²) in [4.78, 5) is 6.07. The molecule has 0 saturated carbocycles. The van der Waals surface area contributed by atoms with Gasteiger partial charge in [-0.05, 0) is 109 Å². The highest BCUT2D eigenvalue weighted by molar-refractivity contribution is 7.20. The number of allylic oxidation sites excluding steroid dienone is 1. The zero-order valence-corrected chi connectivity index (χ0v) is 30.4. The molecular weight excluding hydrogens is 649 g/mol. The maximum absolute atomic E-state index is 4.28. The lowest BCUT2D eigenvalue weighted by Crippen LogP contribution is -2.12. The summed E-state index contributed by atoms with van der Waals surface area (Å²) in [7, 11) is 0. The third-order valence-corrected chi connectivity index (χ3v) is 11.4. The van der Waals surface area contributed by atoms with Gasteiger partial charge in [0.25, 0.3) is 0 Å². The summed E-state index contributed by atoms with van der Waals surface area (Å²) >= 11 is 1.82. The average molecular weight is 687 g/mol. The van der Waals surface area contributed by atoms with Gasteiger partial charge < -0.3 is 9.80 Å². The van der Waals surface area contributed by atoms with Crippen LogP contribution in [0.4, 0.5) is 34.1 Å². The normalized spacial score (nSPS) is 11.8. The molecule has 0 radical (unpaired) electrons. The van der Waals surface area contributed by atoms with Crippen molar-refractivity contribution in [2.75, 3.05) is 9.80 Å². The van der Waals surface area contributed by atoms with E-state index in [2.05, 4.69) is 195 Å². The van der Waals surface area contributed by atoms with Crippen LogP contribution in [0.1, 0.15) is 28.5 Å². The summed E-state index contributed by atoms with van der Waals surface area (Å²) in [5, 5.41) is 8.69. The number of fused-ring (bicyclic) bond motifs is 1. The Morgan fingerprint density at radius 3 is 1.62 bits per heavy atom. The molecule has 8 aromatic carbocycles. The standard InChI is InChI=1S/C49H38N2S/c1-5-11-45-39(6-2)49-44(14-10-15-46(49)52-45)51(38-26-18-33(4)19-27-38)43-31-23-35-20-28-40-42(30-22-34-21-29-41(43)48(35)47(34)40)50(36-12-8-7-9-13-36)37-24-16-32(3)17-25-37/h5-31H,2H2,1,3-4H3/b11-5-. The SMILES string of the molecule is C=Cc1c(/C=C\C)sc2cccc(N(c3ccc(C)cc3)c3ccc4ccc5c(N(c6ccccc6)c6ccc(C)cc6)ccc6ccc3c4c65)c12. The molecule has 0 aliphatic heterocycles. The number of hydrogen-bond donors (Lipinski definition) is 0. The van der Waals surface area contributed by atoms with Gasteiger partial charge in [-0.2, -0.15) is 0 Å². The zero-order chi connectivity index (χ0) is 35.3. The van der Waals surface area contributed by atoms with Crippen LogP contribution in [-0.2, 0) is 0 Å². The Morgan fingerprint density at radius 2 is 1.04 bits per heavy atom. The van der Waals surface area contributed by atoms with E-state index in [1.807, 2.05) is 17.4 Å². The van der Waals surface area contributed by atoms with Crippen molar-refractivity contribution in [2.24, 2.45) is 0 Å². The molecular formula is C49H38N2S. The number of rotatable bonds is 8. The minimum Gasteiger partial charge on any atom is -0.310 e. The quantitative estimate of drug-likeness (QED) is 0.147. The van der Waals surface area contributed by atoms with Gasteiger partial charge in [0.15, 0.2) is 0 Å². The van der Waals surface area contributed by atoms with Gasteiger partial charge in [-0.15, -0.1) is 11.3 Å². The number of nitrogens with zero attached hydrogens (tertiary/aromatic N) is 2. The molecule has 2 nitrogen and oxygen atoms in total. The van der Waals surface area contributed by atoms with Crippen LogP contribution < -0.4 is 9.80 Å². The van der Waals surface area contributed by atoms with Gasteiger partial charge in [-0.25, -0.2) is 0 Å². The molecule has 3 heteroatoms. The van der Waals surface area contributed by atoms with Crippen LogP contribution in [0.5, 0.6) is 0 Å². The molecule has 0 aliphatic rings. The maximum atomic E-state index is 4.28. The van der Waals surface area contributed by atoms with Gasteiger partial charge in [-0.1, -0.05) is 115 Å². The molecule has 1 aromatic heterocycles. The molecule has 9 rings (SSSR count). The lowest BCUT2D eigenvalue weighted by atomic mass is 9.91. The van der Waals surface area contributed by atoms with E-state index in [4.69, 9.17) is 0 Å². The van der Waals surface area contributed by atoms with E-state index in [1.54, 1.807) is 0 Å². The Bertz CT molecular complexity index is 2770. The predicted molar refractivity (Wildman–Crippen MR) is 229 cm³/mol. The van der Waals surface area contributed by atoms with Gasteiger partial charge >= 0.3 is 0 Å². The van der Waals surface area contributed by atoms with E-state index in [9.17, 15) is 0 Å². The van der Waals surface area contributed by atoms with Crippen LogP contribution >= 0.6 is 11.3 Å². The topological polar surface area (TPSA) is 6.48 Å². The largest absolute Gasteiger partial charge is 0.310 e. The van der Waals surface area contributed by atoms with Gasteiger partial charge in [0, 0.05) is 48.4 Å². The predicted octanol–water partition coefficient (Wildman–Crippen LogP) is 15.0. The Kier molecular flexibility index (Phi) is 7.87. The van der Waals surface area contributed by atoms with E-state index in [-0.39, 0.29) is 0 Å². The number of benzene rings is 8. The molecule has 9 aromatic rings. The summed E-state index contributed by atoms with van der Waals surface area (Å²) in [6.07, 6.45) is 6.33. The Hall–Kier alpha value is -6.16. The van der Waals surface area contributed by atoms with E-state index < -0.39 is 0 Å². The second-order valence-corrected chi connectivity index (χ2v) is 14.6. The molecule has 0 unspecified atom stereocenters. The first-order valence-electron chi connectivity index (χ1n) is 17.8. The monoisotopic (exact) mass is 686 g/mol. The van der Waals surface area contributed by atoms with Gasteiger partial charge in [-0.3, -0.25) is 0 Å². The zero-order valence-electron chi connectivity index (χ0n) is 29.6. The molecule has 0 saturated heterocycles. The molecule has 0 N–H and O–H groups in total. The second kappa shape index (κ2) is 12.9. The van der Waals surface area contributed by atoms with Crippen molar-refractivity contribution in [2.45, 2.75) is 20.8 Å². The van der Waals surface area contributed by atoms with Crippen molar-refractivity contribution in [1.82, 2.24) is 0 Å². The maximum Gasteiger partial charge on any atom is 0.0555 e. The average Bonchev–Trinajstić information content (AvgIpc) is 3.54. The molecule has 0 spiro atoms. The first-order chi connectivity index (χ1) is 25.5. The van der Waals surface area contributed by atoms with Crippen molar-refractivity contribution < 1.29 is 0 Å². The number of thiophene rings is 1. The van der Waals surface area contributed by atoms with Crippen LogP contribution in [0, 0.1) is 13.8 Å². The molecule has 52 heavy (non-hydrogen) atoms. The first-order valence-corrected chi connectivity index (χ1v) is 18.7. The van der Waals surface area contributed by atoms with Crippen molar-refractivity contribution in [3.8, 4) is 0 Å². The second-order valence-electron chi connectivity index (χ2n) is 13.5. The van der Waals surface area contributed by atoms with Crippen LogP contribution in [-0.4, -0.2) is 0 Å². The molecule has 250 valence electrons. The Balaban J connectivity index is 1.34.